The van der Waals surface area contributed by atoms with E-state index in [1.165, 1.54) is 5.57 Å². The highest BCUT2D eigenvalue weighted by Gasteiger charge is 2.28. The van der Waals surface area contributed by atoms with Crippen LogP contribution in [0, 0.1) is 16.7 Å². The maximum absolute atomic E-state index is 9.44. The third kappa shape index (κ3) is 5.75. The van der Waals surface area contributed by atoms with Crippen molar-refractivity contribution < 1.29 is 0 Å². The molecule has 1 unspecified atom stereocenters. The molecule has 0 spiro atoms. The molecule has 0 amide bonds. The van der Waals surface area contributed by atoms with Crippen molar-refractivity contribution in [1.29, 1.82) is 5.26 Å². The summed E-state index contributed by atoms with van der Waals surface area (Å²) in [7, 11) is 0. The largest absolute Gasteiger partial charge is 0.198 e. The van der Waals surface area contributed by atoms with Crippen molar-refractivity contribution in [3.63, 3.8) is 0 Å². The van der Waals surface area contributed by atoms with Crippen LogP contribution in [0.15, 0.2) is 23.8 Å². The Morgan fingerprint density at radius 2 is 2.00 bits per heavy atom. The van der Waals surface area contributed by atoms with Gasteiger partial charge in [-0.1, -0.05) is 37.0 Å². The molecule has 0 aromatic rings. The number of allylic oxidation sites excluding steroid dienone is 3. The summed E-state index contributed by atoms with van der Waals surface area (Å²) in [5.74, 6) is 0. The van der Waals surface area contributed by atoms with E-state index in [0.29, 0.717) is 0 Å². The lowest BCUT2D eigenvalue weighted by Gasteiger charge is -2.25. The van der Waals surface area contributed by atoms with E-state index in [-0.39, 0.29) is 5.41 Å². The van der Waals surface area contributed by atoms with Gasteiger partial charge in [0.15, 0.2) is 0 Å². The molecule has 90 valence electrons. The van der Waals surface area contributed by atoms with E-state index in [2.05, 4.69) is 39.5 Å². The van der Waals surface area contributed by atoms with E-state index in [9.17, 15) is 5.26 Å². The zero-order chi connectivity index (χ0) is 12.6. The summed E-state index contributed by atoms with van der Waals surface area (Å²) >= 11 is 0. The van der Waals surface area contributed by atoms with E-state index in [0.717, 1.165) is 37.7 Å². The van der Waals surface area contributed by atoms with Crippen LogP contribution in [-0.2, 0) is 0 Å². The fraction of sp³-hybridized carbons (Fsp3) is 0.667. The normalized spacial score (nSPS) is 13.7. The molecule has 16 heavy (non-hydrogen) atoms. The fourth-order valence-corrected chi connectivity index (χ4v) is 1.90. The molecule has 1 atom stereocenters. The average Bonchev–Trinajstić information content (AvgIpc) is 2.21. The first-order valence-electron chi connectivity index (χ1n) is 6.15. The summed E-state index contributed by atoms with van der Waals surface area (Å²) in [5, 5.41) is 9.44. The minimum Gasteiger partial charge on any atom is -0.198 e. The van der Waals surface area contributed by atoms with Gasteiger partial charge < -0.3 is 0 Å². The molecule has 1 nitrogen and oxygen atoms in total. The van der Waals surface area contributed by atoms with E-state index in [4.69, 9.17) is 0 Å². The molecular weight excluding hydrogens is 194 g/mol. The van der Waals surface area contributed by atoms with Crippen molar-refractivity contribution >= 4 is 0 Å². The van der Waals surface area contributed by atoms with Gasteiger partial charge in [-0.05, 0) is 40.0 Å². The van der Waals surface area contributed by atoms with Crippen LogP contribution in [0.5, 0.6) is 0 Å². The van der Waals surface area contributed by atoms with Crippen LogP contribution in [0.25, 0.3) is 0 Å². The molecule has 1 heteroatoms. The summed E-state index contributed by atoms with van der Waals surface area (Å²) in [6, 6.07) is 2.53. The van der Waals surface area contributed by atoms with Crippen LogP contribution in [0.1, 0.15) is 59.8 Å². The number of nitriles is 1. The Bertz CT molecular complexity index is 289. The molecule has 0 rings (SSSR count). The fourth-order valence-electron chi connectivity index (χ4n) is 1.90. The van der Waals surface area contributed by atoms with Gasteiger partial charge in [-0.25, -0.2) is 0 Å². The quantitative estimate of drug-likeness (QED) is 0.552. The summed E-state index contributed by atoms with van der Waals surface area (Å²) in [6.07, 6.45) is 7.12. The van der Waals surface area contributed by atoms with Gasteiger partial charge in [0.2, 0.25) is 0 Å². The predicted molar refractivity (Wildman–Crippen MR) is 71.1 cm³/mol. The highest BCUT2D eigenvalue weighted by Crippen LogP contribution is 2.35. The lowest BCUT2D eigenvalue weighted by Crippen LogP contribution is -2.18. The summed E-state index contributed by atoms with van der Waals surface area (Å²) in [6.45, 7) is 12.3. The van der Waals surface area contributed by atoms with E-state index in [1.807, 2.05) is 6.92 Å². The Morgan fingerprint density at radius 3 is 2.38 bits per heavy atom. The second-order valence-electron chi connectivity index (χ2n) is 5.12. The molecule has 0 saturated heterocycles. The third-order valence-electron chi connectivity index (χ3n) is 2.79. The Labute approximate surface area is 101 Å². The van der Waals surface area contributed by atoms with Crippen LogP contribution in [0.2, 0.25) is 0 Å². The molecule has 0 N–H and O–H groups in total. The van der Waals surface area contributed by atoms with Crippen molar-refractivity contribution in [1.82, 2.24) is 0 Å². The molecule has 0 fully saturated rings. The van der Waals surface area contributed by atoms with Crippen molar-refractivity contribution in [2.45, 2.75) is 59.8 Å². The van der Waals surface area contributed by atoms with E-state index < -0.39 is 0 Å². The van der Waals surface area contributed by atoms with Gasteiger partial charge in [-0.3, -0.25) is 0 Å². The topological polar surface area (TPSA) is 23.8 Å². The van der Waals surface area contributed by atoms with Crippen molar-refractivity contribution in [3.8, 4) is 6.07 Å². The first-order chi connectivity index (χ1) is 7.45. The molecule has 0 aliphatic carbocycles. The van der Waals surface area contributed by atoms with Crippen LogP contribution < -0.4 is 0 Å². The van der Waals surface area contributed by atoms with E-state index in [1.54, 1.807) is 0 Å². The van der Waals surface area contributed by atoms with Crippen LogP contribution >= 0.6 is 0 Å². The second kappa shape index (κ2) is 7.28. The van der Waals surface area contributed by atoms with Crippen molar-refractivity contribution in [3.05, 3.63) is 23.8 Å². The lowest BCUT2D eigenvalue weighted by atomic mass is 9.76. The number of hydrogen-bond donors (Lipinski definition) is 0. The molecule has 0 bridgehead atoms. The third-order valence-corrected chi connectivity index (χ3v) is 2.79. The maximum Gasteiger partial charge on any atom is 0.0696 e. The smallest absolute Gasteiger partial charge is 0.0696 e. The first-order valence-corrected chi connectivity index (χ1v) is 6.15. The van der Waals surface area contributed by atoms with Gasteiger partial charge in [0.1, 0.15) is 0 Å². The standard InChI is InChI=1S/C15H25N/c1-6-7-9-15(12-16,11-14(4)5)10-8-13(2)3/h8H,4,6-7,9-11H2,1-3,5H3. The Balaban J connectivity index is 4.74. The molecule has 0 aliphatic rings. The monoisotopic (exact) mass is 219 g/mol. The SMILES string of the molecule is C=C(C)CC(C#N)(CC=C(C)C)CCCC. The van der Waals surface area contributed by atoms with Gasteiger partial charge in [0.05, 0.1) is 11.5 Å². The summed E-state index contributed by atoms with van der Waals surface area (Å²) < 4.78 is 0. The number of hydrogen-bond acceptors (Lipinski definition) is 1. The summed E-state index contributed by atoms with van der Waals surface area (Å²) in [5.41, 5.74) is 2.18. The minimum absolute atomic E-state index is 0.223. The number of unbranched alkanes of at least 4 members (excludes halogenated alkanes) is 1. The number of rotatable bonds is 7. The Kier molecular flexibility index (Phi) is 6.81. The zero-order valence-electron chi connectivity index (χ0n) is 11.3. The van der Waals surface area contributed by atoms with Gasteiger partial charge in [0.25, 0.3) is 0 Å². The molecule has 0 saturated carbocycles. The maximum atomic E-state index is 9.44. The number of nitrogens with zero attached hydrogens (tertiary/aromatic N) is 1. The average molecular weight is 219 g/mol. The van der Waals surface area contributed by atoms with Crippen molar-refractivity contribution in [2.24, 2.45) is 5.41 Å². The second-order valence-corrected chi connectivity index (χ2v) is 5.12. The highest BCUT2D eigenvalue weighted by atomic mass is 14.4. The highest BCUT2D eigenvalue weighted by molar-refractivity contribution is 5.11. The zero-order valence-corrected chi connectivity index (χ0v) is 11.3. The molecular formula is C15H25N. The Hall–Kier alpha value is -1.03. The van der Waals surface area contributed by atoms with Gasteiger partial charge >= 0.3 is 0 Å². The molecule has 0 heterocycles. The van der Waals surface area contributed by atoms with Gasteiger partial charge in [0, 0.05) is 0 Å². The van der Waals surface area contributed by atoms with Crippen LogP contribution in [-0.4, -0.2) is 0 Å². The predicted octanol–water partition coefficient (Wildman–Crippen LogP) is 5.01. The summed E-state index contributed by atoms with van der Waals surface area (Å²) in [4.78, 5) is 0. The minimum atomic E-state index is -0.223. The van der Waals surface area contributed by atoms with Crippen LogP contribution in [0.3, 0.4) is 0 Å². The molecule has 0 radical (unpaired) electrons. The van der Waals surface area contributed by atoms with E-state index >= 15 is 0 Å². The molecule has 0 aromatic carbocycles. The van der Waals surface area contributed by atoms with Crippen molar-refractivity contribution in [2.75, 3.05) is 0 Å². The van der Waals surface area contributed by atoms with Gasteiger partial charge in [-0.15, -0.1) is 6.58 Å². The molecule has 0 aromatic heterocycles. The van der Waals surface area contributed by atoms with Gasteiger partial charge in [-0.2, -0.15) is 5.26 Å². The Morgan fingerprint density at radius 1 is 1.38 bits per heavy atom. The van der Waals surface area contributed by atoms with Crippen LogP contribution in [0.4, 0.5) is 0 Å². The molecule has 0 aliphatic heterocycles. The first kappa shape index (κ1) is 15.0. The lowest BCUT2D eigenvalue weighted by molar-refractivity contribution is 0.351.